The van der Waals surface area contributed by atoms with Crippen LogP contribution in [0.25, 0.3) is 5.69 Å². The molecule has 5 heteroatoms. The average molecular weight is 276 g/mol. The fourth-order valence-corrected chi connectivity index (χ4v) is 2.24. The highest BCUT2D eigenvalue weighted by Crippen LogP contribution is 2.31. The van der Waals surface area contributed by atoms with Gasteiger partial charge in [-0.05, 0) is 30.2 Å². The standard InChI is InChI=1S/C15H20N2O3/c1-10(2)14-13(8-9-18)15(20-3)17(16-14)11-4-6-12(19)7-5-11/h4-7,10,18-19H,8-9H2,1-3H3. The van der Waals surface area contributed by atoms with Gasteiger partial charge in [-0.25, -0.2) is 4.68 Å². The third-order valence-corrected chi connectivity index (χ3v) is 3.16. The number of phenols is 1. The molecule has 0 spiro atoms. The molecule has 5 nitrogen and oxygen atoms in total. The lowest BCUT2D eigenvalue weighted by molar-refractivity contribution is 0.295. The molecule has 1 aromatic heterocycles. The van der Waals surface area contributed by atoms with Crippen LogP contribution >= 0.6 is 0 Å². The van der Waals surface area contributed by atoms with Gasteiger partial charge in [-0.2, -0.15) is 5.10 Å². The largest absolute Gasteiger partial charge is 0.508 e. The maximum absolute atomic E-state index is 9.37. The van der Waals surface area contributed by atoms with Crippen molar-refractivity contribution in [1.29, 1.82) is 0 Å². The minimum absolute atomic E-state index is 0.0529. The van der Waals surface area contributed by atoms with E-state index in [0.29, 0.717) is 12.3 Å². The Kier molecular flexibility index (Phi) is 4.29. The second kappa shape index (κ2) is 5.96. The molecule has 0 aliphatic heterocycles. The number of hydrogen-bond acceptors (Lipinski definition) is 4. The number of aliphatic hydroxyl groups is 1. The van der Waals surface area contributed by atoms with Crippen molar-refractivity contribution in [3.63, 3.8) is 0 Å². The molecule has 0 unspecified atom stereocenters. The maximum atomic E-state index is 9.37. The van der Waals surface area contributed by atoms with Gasteiger partial charge in [0, 0.05) is 18.6 Å². The molecule has 2 rings (SSSR count). The molecular weight excluding hydrogens is 256 g/mol. The van der Waals surface area contributed by atoms with E-state index in [0.717, 1.165) is 16.9 Å². The number of methoxy groups -OCH3 is 1. The van der Waals surface area contributed by atoms with Crippen LogP contribution in [0.15, 0.2) is 24.3 Å². The van der Waals surface area contributed by atoms with E-state index in [1.165, 1.54) is 0 Å². The molecule has 0 fully saturated rings. The molecule has 0 saturated heterocycles. The van der Waals surface area contributed by atoms with Crippen molar-refractivity contribution in [2.45, 2.75) is 26.2 Å². The molecule has 0 saturated carbocycles. The normalized spacial score (nSPS) is 11.1. The van der Waals surface area contributed by atoms with Crippen molar-refractivity contribution in [1.82, 2.24) is 9.78 Å². The van der Waals surface area contributed by atoms with Crippen molar-refractivity contribution in [2.75, 3.05) is 13.7 Å². The van der Waals surface area contributed by atoms with Crippen molar-refractivity contribution < 1.29 is 14.9 Å². The van der Waals surface area contributed by atoms with Gasteiger partial charge in [-0.15, -0.1) is 0 Å². The van der Waals surface area contributed by atoms with Crippen LogP contribution in [0.2, 0.25) is 0 Å². The second-order valence-corrected chi connectivity index (χ2v) is 4.93. The van der Waals surface area contributed by atoms with Gasteiger partial charge in [0.2, 0.25) is 5.88 Å². The van der Waals surface area contributed by atoms with Crippen LogP contribution in [0, 0.1) is 0 Å². The Bertz CT molecular complexity index is 574. The SMILES string of the molecule is COc1c(CCO)c(C(C)C)nn1-c1ccc(O)cc1. The third kappa shape index (κ3) is 2.63. The molecule has 1 heterocycles. The van der Waals surface area contributed by atoms with E-state index < -0.39 is 0 Å². The molecule has 2 aromatic rings. The van der Waals surface area contributed by atoms with Gasteiger partial charge < -0.3 is 14.9 Å². The quantitative estimate of drug-likeness (QED) is 0.879. The number of rotatable bonds is 5. The van der Waals surface area contributed by atoms with Gasteiger partial charge in [-0.3, -0.25) is 0 Å². The smallest absolute Gasteiger partial charge is 0.220 e. The van der Waals surface area contributed by atoms with Crippen LogP contribution < -0.4 is 4.74 Å². The lowest BCUT2D eigenvalue weighted by Crippen LogP contribution is -2.01. The highest BCUT2D eigenvalue weighted by Gasteiger charge is 2.21. The summed E-state index contributed by atoms with van der Waals surface area (Å²) >= 11 is 0. The number of ether oxygens (including phenoxy) is 1. The number of benzene rings is 1. The number of nitrogens with zero attached hydrogens (tertiary/aromatic N) is 2. The monoisotopic (exact) mass is 276 g/mol. The molecule has 20 heavy (non-hydrogen) atoms. The van der Waals surface area contributed by atoms with Crippen LogP contribution in [-0.2, 0) is 6.42 Å². The van der Waals surface area contributed by atoms with E-state index in [1.807, 2.05) is 0 Å². The van der Waals surface area contributed by atoms with Gasteiger partial charge >= 0.3 is 0 Å². The van der Waals surface area contributed by atoms with E-state index in [4.69, 9.17) is 4.74 Å². The van der Waals surface area contributed by atoms with Gasteiger partial charge in [0.15, 0.2) is 0 Å². The predicted molar refractivity (Wildman–Crippen MR) is 76.7 cm³/mol. The summed E-state index contributed by atoms with van der Waals surface area (Å²) < 4.78 is 7.18. The molecule has 2 N–H and O–H groups in total. The lowest BCUT2D eigenvalue weighted by atomic mass is 10.0. The summed E-state index contributed by atoms with van der Waals surface area (Å²) in [5.41, 5.74) is 2.66. The topological polar surface area (TPSA) is 67.5 Å². The summed E-state index contributed by atoms with van der Waals surface area (Å²) in [7, 11) is 1.60. The summed E-state index contributed by atoms with van der Waals surface area (Å²) in [5.74, 6) is 1.08. The first-order valence-corrected chi connectivity index (χ1v) is 6.64. The molecule has 0 bridgehead atoms. The Hall–Kier alpha value is -2.01. The highest BCUT2D eigenvalue weighted by molar-refractivity contribution is 5.44. The minimum Gasteiger partial charge on any atom is -0.508 e. The van der Waals surface area contributed by atoms with Crippen molar-refractivity contribution >= 4 is 0 Å². The number of aromatic hydroxyl groups is 1. The first-order chi connectivity index (χ1) is 9.58. The van der Waals surface area contributed by atoms with Crippen molar-refractivity contribution in [3.8, 4) is 17.3 Å². The fourth-order valence-electron chi connectivity index (χ4n) is 2.24. The zero-order valence-corrected chi connectivity index (χ0v) is 12.0. The first kappa shape index (κ1) is 14.4. The molecule has 0 atom stereocenters. The zero-order valence-electron chi connectivity index (χ0n) is 12.0. The predicted octanol–water partition coefficient (Wildman–Crippen LogP) is 2.24. The molecule has 0 aliphatic carbocycles. The Morgan fingerprint density at radius 3 is 2.40 bits per heavy atom. The Balaban J connectivity index is 2.57. The molecular formula is C15H20N2O3. The second-order valence-electron chi connectivity index (χ2n) is 4.93. The Morgan fingerprint density at radius 2 is 1.90 bits per heavy atom. The van der Waals surface area contributed by atoms with E-state index in [1.54, 1.807) is 36.1 Å². The number of hydrogen-bond donors (Lipinski definition) is 2. The Labute approximate surface area is 118 Å². The van der Waals surface area contributed by atoms with Crippen LogP contribution in [0.1, 0.15) is 31.0 Å². The van der Waals surface area contributed by atoms with E-state index in [9.17, 15) is 10.2 Å². The summed E-state index contributed by atoms with van der Waals surface area (Å²) in [4.78, 5) is 0. The first-order valence-electron chi connectivity index (χ1n) is 6.64. The maximum Gasteiger partial charge on any atom is 0.220 e. The zero-order chi connectivity index (χ0) is 14.7. The van der Waals surface area contributed by atoms with Crippen molar-refractivity contribution in [3.05, 3.63) is 35.5 Å². The Morgan fingerprint density at radius 1 is 1.25 bits per heavy atom. The van der Waals surface area contributed by atoms with Gasteiger partial charge in [0.05, 0.1) is 18.5 Å². The molecule has 0 radical (unpaired) electrons. The van der Waals surface area contributed by atoms with E-state index in [2.05, 4.69) is 18.9 Å². The number of phenolic OH excluding ortho intramolecular Hbond substituents is 1. The number of aliphatic hydroxyl groups excluding tert-OH is 1. The van der Waals surface area contributed by atoms with E-state index >= 15 is 0 Å². The molecule has 108 valence electrons. The summed E-state index contributed by atoms with van der Waals surface area (Å²) in [6, 6.07) is 6.77. The van der Waals surface area contributed by atoms with Crippen LogP contribution in [0.5, 0.6) is 11.6 Å². The molecule has 0 aliphatic rings. The summed E-state index contributed by atoms with van der Waals surface area (Å²) in [6.45, 7) is 4.17. The summed E-state index contributed by atoms with van der Waals surface area (Å²) in [5, 5.41) is 23.2. The lowest BCUT2D eigenvalue weighted by Gasteiger charge is -2.08. The van der Waals surface area contributed by atoms with Crippen LogP contribution in [0.3, 0.4) is 0 Å². The number of aromatic nitrogens is 2. The minimum atomic E-state index is 0.0529. The third-order valence-electron chi connectivity index (χ3n) is 3.16. The molecule has 1 aromatic carbocycles. The van der Waals surface area contributed by atoms with Crippen LogP contribution in [0.4, 0.5) is 0 Å². The van der Waals surface area contributed by atoms with Gasteiger partial charge in [0.25, 0.3) is 0 Å². The van der Waals surface area contributed by atoms with Crippen molar-refractivity contribution in [2.24, 2.45) is 0 Å². The van der Waals surface area contributed by atoms with Crippen LogP contribution in [-0.4, -0.2) is 33.7 Å². The summed E-state index contributed by atoms with van der Waals surface area (Å²) in [6.07, 6.45) is 0.509. The fraction of sp³-hybridized carbons (Fsp3) is 0.400. The average Bonchev–Trinajstić information content (AvgIpc) is 2.79. The van der Waals surface area contributed by atoms with Gasteiger partial charge in [0.1, 0.15) is 5.75 Å². The van der Waals surface area contributed by atoms with Gasteiger partial charge in [-0.1, -0.05) is 13.8 Å². The highest BCUT2D eigenvalue weighted by atomic mass is 16.5. The van der Waals surface area contributed by atoms with E-state index in [-0.39, 0.29) is 18.3 Å². The molecule has 0 amide bonds.